The predicted octanol–water partition coefficient (Wildman–Crippen LogP) is 2.13. The second-order valence-corrected chi connectivity index (χ2v) is 6.01. The number of hydrogen-bond acceptors (Lipinski definition) is 3. The number of hydrogen-bond donors (Lipinski definition) is 1. The van der Waals surface area contributed by atoms with Crippen LogP contribution in [0.2, 0.25) is 0 Å². The van der Waals surface area contributed by atoms with Crippen molar-refractivity contribution in [2.45, 2.75) is 18.7 Å². The summed E-state index contributed by atoms with van der Waals surface area (Å²) in [7, 11) is -3.48. The van der Waals surface area contributed by atoms with E-state index in [0.29, 0.717) is 16.7 Å². The van der Waals surface area contributed by atoms with Gasteiger partial charge in [-0.3, -0.25) is 0 Å². The SMILES string of the molecule is C=C(C)c1cc(C)c(C(=O)O)cc1S(C)(=O)=O. The number of rotatable bonds is 3. The minimum atomic E-state index is -3.48. The molecule has 0 amide bonds. The van der Waals surface area contributed by atoms with Crippen molar-refractivity contribution in [3.63, 3.8) is 0 Å². The summed E-state index contributed by atoms with van der Waals surface area (Å²) in [4.78, 5) is 11.0. The summed E-state index contributed by atoms with van der Waals surface area (Å²) in [6, 6.07) is 2.74. The summed E-state index contributed by atoms with van der Waals surface area (Å²) in [6.45, 7) is 7.01. The molecule has 1 rings (SSSR count). The minimum absolute atomic E-state index is 0.00424. The molecule has 0 aliphatic rings. The van der Waals surface area contributed by atoms with Gasteiger partial charge in [0.25, 0.3) is 0 Å². The van der Waals surface area contributed by atoms with E-state index < -0.39 is 15.8 Å². The topological polar surface area (TPSA) is 71.4 Å². The maximum Gasteiger partial charge on any atom is 0.335 e. The summed E-state index contributed by atoms with van der Waals surface area (Å²) >= 11 is 0. The molecule has 0 heterocycles. The lowest BCUT2D eigenvalue weighted by Crippen LogP contribution is -2.07. The molecule has 1 aromatic rings. The van der Waals surface area contributed by atoms with Crippen LogP contribution in [0.4, 0.5) is 0 Å². The first-order valence-corrected chi connectivity index (χ1v) is 6.77. The first kappa shape index (κ1) is 13.4. The van der Waals surface area contributed by atoms with Crippen LogP contribution in [-0.4, -0.2) is 25.7 Å². The quantitative estimate of drug-likeness (QED) is 0.897. The highest BCUT2D eigenvalue weighted by Crippen LogP contribution is 2.26. The number of benzene rings is 1. The van der Waals surface area contributed by atoms with Gasteiger partial charge in [0.1, 0.15) is 0 Å². The number of carboxylic acid groups (broad SMARTS) is 1. The number of aryl methyl sites for hydroxylation is 1. The van der Waals surface area contributed by atoms with Gasteiger partial charge in [-0.05, 0) is 42.7 Å². The molecule has 0 saturated heterocycles. The van der Waals surface area contributed by atoms with Gasteiger partial charge in [-0.2, -0.15) is 0 Å². The van der Waals surface area contributed by atoms with Crippen LogP contribution in [0.5, 0.6) is 0 Å². The van der Waals surface area contributed by atoms with E-state index in [4.69, 9.17) is 5.11 Å². The van der Waals surface area contributed by atoms with Crippen LogP contribution in [-0.2, 0) is 9.84 Å². The molecule has 0 aliphatic heterocycles. The zero-order chi connectivity index (χ0) is 13.4. The fourth-order valence-electron chi connectivity index (χ4n) is 1.56. The third kappa shape index (κ3) is 2.74. The highest BCUT2D eigenvalue weighted by atomic mass is 32.2. The number of carboxylic acids is 1. The van der Waals surface area contributed by atoms with Gasteiger partial charge >= 0.3 is 5.97 Å². The van der Waals surface area contributed by atoms with Gasteiger partial charge in [-0.15, -0.1) is 0 Å². The molecule has 4 nitrogen and oxygen atoms in total. The minimum Gasteiger partial charge on any atom is -0.478 e. The zero-order valence-corrected chi connectivity index (χ0v) is 10.8. The normalized spacial score (nSPS) is 11.2. The van der Waals surface area contributed by atoms with Crippen molar-refractivity contribution >= 4 is 21.4 Å². The molecule has 0 spiro atoms. The lowest BCUT2D eigenvalue weighted by atomic mass is 10.0. The lowest BCUT2D eigenvalue weighted by Gasteiger charge is -2.11. The first-order chi connectivity index (χ1) is 7.64. The molecule has 0 saturated carbocycles. The van der Waals surface area contributed by atoms with Gasteiger partial charge < -0.3 is 5.11 Å². The Labute approximate surface area is 101 Å². The van der Waals surface area contributed by atoms with Gasteiger partial charge in [0.15, 0.2) is 9.84 Å². The molecule has 17 heavy (non-hydrogen) atoms. The Balaban J connectivity index is 3.72. The van der Waals surface area contributed by atoms with Crippen LogP contribution >= 0.6 is 0 Å². The van der Waals surface area contributed by atoms with Gasteiger partial charge in [0.2, 0.25) is 0 Å². The molecule has 0 aromatic heterocycles. The van der Waals surface area contributed by atoms with Crippen LogP contribution < -0.4 is 0 Å². The molecule has 92 valence electrons. The van der Waals surface area contributed by atoms with E-state index in [0.717, 1.165) is 6.26 Å². The van der Waals surface area contributed by atoms with Gasteiger partial charge in [0.05, 0.1) is 10.5 Å². The second-order valence-electron chi connectivity index (χ2n) is 4.02. The zero-order valence-electron chi connectivity index (χ0n) is 9.94. The van der Waals surface area contributed by atoms with Crippen LogP contribution in [0.25, 0.3) is 5.57 Å². The first-order valence-electron chi connectivity index (χ1n) is 4.88. The Kier molecular flexibility index (Phi) is 3.43. The lowest BCUT2D eigenvalue weighted by molar-refractivity contribution is 0.0696. The summed E-state index contributed by atoms with van der Waals surface area (Å²) in [6.07, 6.45) is 1.05. The van der Waals surface area contributed by atoms with Crippen molar-refractivity contribution in [2.75, 3.05) is 6.26 Å². The summed E-state index contributed by atoms with van der Waals surface area (Å²) in [5.74, 6) is -1.14. The number of allylic oxidation sites excluding steroid dienone is 1. The summed E-state index contributed by atoms with van der Waals surface area (Å²) < 4.78 is 23.2. The summed E-state index contributed by atoms with van der Waals surface area (Å²) in [5.41, 5.74) is 1.57. The van der Waals surface area contributed by atoms with Crippen LogP contribution in [0.15, 0.2) is 23.6 Å². The largest absolute Gasteiger partial charge is 0.478 e. The molecular formula is C12H14O4S. The van der Waals surface area contributed by atoms with E-state index in [9.17, 15) is 13.2 Å². The fraction of sp³-hybridized carbons (Fsp3) is 0.250. The Morgan fingerprint density at radius 2 is 1.82 bits per heavy atom. The molecule has 0 aliphatic carbocycles. The van der Waals surface area contributed by atoms with E-state index in [1.165, 1.54) is 6.07 Å². The van der Waals surface area contributed by atoms with Crippen molar-refractivity contribution in [2.24, 2.45) is 0 Å². The smallest absolute Gasteiger partial charge is 0.335 e. The molecule has 0 atom stereocenters. The van der Waals surface area contributed by atoms with E-state index in [1.807, 2.05) is 0 Å². The highest BCUT2D eigenvalue weighted by Gasteiger charge is 2.18. The predicted molar refractivity (Wildman–Crippen MR) is 66.0 cm³/mol. The molecule has 1 aromatic carbocycles. The Bertz CT molecular complexity index is 597. The average molecular weight is 254 g/mol. The fourth-order valence-corrected chi connectivity index (χ4v) is 2.52. The van der Waals surface area contributed by atoms with Crippen molar-refractivity contribution in [1.82, 2.24) is 0 Å². The van der Waals surface area contributed by atoms with E-state index in [-0.39, 0.29) is 10.5 Å². The Morgan fingerprint density at radius 1 is 1.29 bits per heavy atom. The Hall–Kier alpha value is -1.62. The van der Waals surface area contributed by atoms with Gasteiger partial charge in [-0.25, -0.2) is 13.2 Å². The molecule has 0 radical (unpaired) electrons. The molecule has 0 bridgehead atoms. The van der Waals surface area contributed by atoms with E-state index in [1.54, 1.807) is 19.9 Å². The van der Waals surface area contributed by atoms with Crippen LogP contribution in [0.3, 0.4) is 0 Å². The number of sulfone groups is 1. The average Bonchev–Trinajstić information content (AvgIpc) is 2.14. The van der Waals surface area contributed by atoms with Crippen molar-refractivity contribution in [1.29, 1.82) is 0 Å². The van der Waals surface area contributed by atoms with E-state index in [2.05, 4.69) is 6.58 Å². The maximum atomic E-state index is 11.6. The van der Waals surface area contributed by atoms with Crippen LogP contribution in [0.1, 0.15) is 28.4 Å². The third-order valence-electron chi connectivity index (χ3n) is 2.42. The molecule has 0 fully saturated rings. The molecule has 1 N–H and O–H groups in total. The molecule has 0 unspecified atom stereocenters. The van der Waals surface area contributed by atoms with E-state index >= 15 is 0 Å². The second kappa shape index (κ2) is 4.33. The Morgan fingerprint density at radius 3 is 2.18 bits per heavy atom. The van der Waals surface area contributed by atoms with Crippen molar-refractivity contribution in [3.8, 4) is 0 Å². The number of aromatic carboxylic acids is 1. The van der Waals surface area contributed by atoms with Crippen molar-refractivity contribution in [3.05, 3.63) is 35.4 Å². The number of carbonyl (C=O) groups is 1. The highest BCUT2D eigenvalue weighted by molar-refractivity contribution is 7.90. The maximum absolute atomic E-state index is 11.6. The third-order valence-corrected chi connectivity index (χ3v) is 3.55. The molecular weight excluding hydrogens is 240 g/mol. The van der Waals surface area contributed by atoms with Gasteiger partial charge in [0, 0.05) is 6.26 Å². The monoisotopic (exact) mass is 254 g/mol. The summed E-state index contributed by atoms with van der Waals surface area (Å²) in [5, 5.41) is 8.97. The van der Waals surface area contributed by atoms with Gasteiger partial charge in [-0.1, -0.05) is 6.58 Å². The molecule has 5 heteroatoms. The standard InChI is InChI=1S/C12H14O4S/c1-7(2)9-5-8(3)10(12(13)14)6-11(9)17(4,15)16/h5-6H,1H2,2-4H3,(H,13,14). The van der Waals surface area contributed by atoms with Crippen LogP contribution in [0, 0.1) is 6.92 Å². The van der Waals surface area contributed by atoms with Crippen molar-refractivity contribution < 1.29 is 18.3 Å².